The van der Waals surface area contributed by atoms with Crippen LogP contribution in [0, 0.1) is 5.92 Å². The van der Waals surface area contributed by atoms with Crippen molar-refractivity contribution in [3.63, 3.8) is 0 Å². The highest BCUT2D eigenvalue weighted by molar-refractivity contribution is 5.92. The van der Waals surface area contributed by atoms with E-state index in [0.29, 0.717) is 6.42 Å². The van der Waals surface area contributed by atoms with Gasteiger partial charge < -0.3 is 31.5 Å². The van der Waals surface area contributed by atoms with Crippen LogP contribution in [0.4, 0.5) is 0 Å². The first-order chi connectivity index (χ1) is 12.2. The number of carboxylic acid groups (broad SMARTS) is 1. The number of carbonyl (C=O) groups is 4. The van der Waals surface area contributed by atoms with Crippen molar-refractivity contribution in [1.29, 1.82) is 0 Å². The second kappa shape index (κ2) is 10.7. The molecule has 0 aromatic carbocycles. The van der Waals surface area contributed by atoms with E-state index in [9.17, 15) is 24.3 Å². The maximum atomic E-state index is 12.0. The molecular formula is C16H28N4O6. The van der Waals surface area contributed by atoms with E-state index in [-0.39, 0.29) is 18.2 Å². The zero-order valence-electron chi connectivity index (χ0n) is 15.1. The van der Waals surface area contributed by atoms with Gasteiger partial charge in [0.1, 0.15) is 12.1 Å². The summed E-state index contributed by atoms with van der Waals surface area (Å²) in [6, 6.07) is -2.61. The topological polar surface area (TPSA) is 157 Å². The summed E-state index contributed by atoms with van der Waals surface area (Å²) in [5, 5.41) is 28.4. The van der Waals surface area contributed by atoms with Crippen LogP contribution in [-0.2, 0) is 19.2 Å². The molecule has 26 heavy (non-hydrogen) atoms. The van der Waals surface area contributed by atoms with Gasteiger partial charge >= 0.3 is 5.97 Å². The maximum absolute atomic E-state index is 12.0. The Balaban J connectivity index is 2.45. The van der Waals surface area contributed by atoms with Gasteiger partial charge in [-0.3, -0.25) is 14.4 Å². The first-order valence-electron chi connectivity index (χ1n) is 8.69. The lowest BCUT2D eigenvalue weighted by molar-refractivity contribution is -0.142. The van der Waals surface area contributed by atoms with Crippen molar-refractivity contribution in [2.45, 2.75) is 51.2 Å². The fourth-order valence-corrected chi connectivity index (χ4v) is 2.60. The normalized spacial score (nSPS) is 18.8. The monoisotopic (exact) mass is 372 g/mol. The number of hydrogen-bond donors (Lipinski definition) is 6. The second-order valence-corrected chi connectivity index (χ2v) is 6.70. The minimum atomic E-state index is -1.18. The Bertz CT molecular complexity index is 519. The summed E-state index contributed by atoms with van der Waals surface area (Å²) in [6.07, 6.45) is 1.77. The standard InChI is InChI=1S/C16H28N4O6/c1-9(2)6-11(16(25)26)19-13(22)7-18-14(23)12(8-21)20-15(24)10-4-3-5-17-10/h9-12,17,21H,3-8H2,1-2H3,(H,18,23)(H,19,22)(H,20,24)(H,25,26). The van der Waals surface area contributed by atoms with Crippen molar-refractivity contribution in [3.8, 4) is 0 Å². The number of aliphatic carboxylic acids is 1. The van der Waals surface area contributed by atoms with Gasteiger partial charge in [0.15, 0.2) is 0 Å². The molecule has 0 aliphatic carbocycles. The molecule has 1 heterocycles. The molecule has 10 nitrogen and oxygen atoms in total. The molecule has 0 aromatic heterocycles. The van der Waals surface area contributed by atoms with Crippen molar-refractivity contribution < 1.29 is 29.4 Å². The van der Waals surface area contributed by atoms with Crippen molar-refractivity contribution in [2.75, 3.05) is 19.7 Å². The third-order valence-corrected chi connectivity index (χ3v) is 3.96. The highest BCUT2D eigenvalue weighted by Crippen LogP contribution is 2.05. The van der Waals surface area contributed by atoms with Gasteiger partial charge in [0, 0.05) is 0 Å². The molecule has 0 spiro atoms. The van der Waals surface area contributed by atoms with Crippen molar-refractivity contribution >= 4 is 23.7 Å². The Morgan fingerprint density at radius 1 is 1.15 bits per heavy atom. The maximum Gasteiger partial charge on any atom is 0.326 e. The molecule has 0 bridgehead atoms. The minimum absolute atomic E-state index is 0.0733. The van der Waals surface area contributed by atoms with Gasteiger partial charge in [0.05, 0.1) is 19.2 Å². The Hall–Kier alpha value is -2.20. The molecule has 1 fully saturated rings. The van der Waals surface area contributed by atoms with Crippen LogP contribution in [0.5, 0.6) is 0 Å². The van der Waals surface area contributed by atoms with Gasteiger partial charge in [-0.2, -0.15) is 0 Å². The molecule has 1 saturated heterocycles. The van der Waals surface area contributed by atoms with Gasteiger partial charge in [-0.15, -0.1) is 0 Å². The zero-order chi connectivity index (χ0) is 19.7. The first kappa shape index (κ1) is 21.8. The number of aliphatic hydroxyl groups excluding tert-OH is 1. The predicted octanol–water partition coefficient (Wildman–Crippen LogP) is -2.05. The average Bonchev–Trinajstić information content (AvgIpc) is 3.10. The molecule has 3 unspecified atom stereocenters. The first-order valence-corrected chi connectivity index (χ1v) is 8.69. The summed E-state index contributed by atoms with van der Waals surface area (Å²) in [5.41, 5.74) is 0. The zero-order valence-corrected chi connectivity index (χ0v) is 15.1. The van der Waals surface area contributed by atoms with Gasteiger partial charge in [0.2, 0.25) is 17.7 Å². The summed E-state index contributed by atoms with van der Waals surface area (Å²) in [7, 11) is 0. The van der Waals surface area contributed by atoms with Gasteiger partial charge in [0.25, 0.3) is 0 Å². The Morgan fingerprint density at radius 3 is 2.35 bits per heavy atom. The number of rotatable bonds is 10. The highest BCUT2D eigenvalue weighted by atomic mass is 16.4. The lowest BCUT2D eigenvalue weighted by atomic mass is 10.0. The molecule has 3 amide bonds. The molecule has 1 rings (SSSR count). The van der Waals surface area contributed by atoms with Crippen LogP contribution in [-0.4, -0.2) is 71.7 Å². The summed E-state index contributed by atoms with van der Waals surface area (Å²) in [5.74, 6) is -2.84. The van der Waals surface area contributed by atoms with Gasteiger partial charge in [-0.05, 0) is 31.7 Å². The van der Waals surface area contributed by atoms with Crippen LogP contribution in [0.15, 0.2) is 0 Å². The van der Waals surface area contributed by atoms with Crippen LogP contribution in [0.1, 0.15) is 33.1 Å². The van der Waals surface area contributed by atoms with Crippen LogP contribution < -0.4 is 21.3 Å². The van der Waals surface area contributed by atoms with E-state index in [1.54, 1.807) is 0 Å². The molecular weight excluding hydrogens is 344 g/mol. The Kier molecular flexibility index (Phi) is 9.00. The van der Waals surface area contributed by atoms with Crippen molar-refractivity contribution in [2.24, 2.45) is 5.92 Å². The van der Waals surface area contributed by atoms with E-state index in [4.69, 9.17) is 5.11 Å². The molecule has 148 valence electrons. The molecule has 10 heteroatoms. The van der Waals surface area contributed by atoms with E-state index in [1.165, 1.54) is 0 Å². The van der Waals surface area contributed by atoms with E-state index in [1.807, 2.05) is 13.8 Å². The fraction of sp³-hybridized carbons (Fsp3) is 0.750. The largest absolute Gasteiger partial charge is 0.480 e. The van der Waals surface area contributed by atoms with Gasteiger partial charge in [-0.25, -0.2) is 4.79 Å². The number of carbonyl (C=O) groups excluding carboxylic acids is 3. The molecule has 0 saturated carbocycles. The van der Waals surface area contributed by atoms with Crippen molar-refractivity contribution in [3.05, 3.63) is 0 Å². The van der Waals surface area contributed by atoms with E-state index >= 15 is 0 Å². The van der Waals surface area contributed by atoms with E-state index < -0.39 is 49.1 Å². The smallest absolute Gasteiger partial charge is 0.326 e. The van der Waals surface area contributed by atoms with Gasteiger partial charge in [-0.1, -0.05) is 13.8 Å². The predicted molar refractivity (Wildman–Crippen MR) is 92.1 cm³/mol. The Labute approximate surface area is 152 Å². The SMILES string of the molecule is CC(C)CC(NC(=O)CNC(=O)C(CO)NC(=O)C1CCCN1)C(=O)O. The number of carboxylic acids is 1. The molecule has 3 atom stereocenters. The Morgan fingerprint density at radius 2 is 1.85 bits per heavy atom. The number of aliphatic hydroxyl groups is 1. The lowest BCUT2D eigenvalue weighted by Gasteiger charge is -2.19. The minimum Gasteiger partial charge on any atom is -0.480 e. The highest BCUT2D eigenvalue weighted by Gasteiger charge is 2.27. The summed E-state index contributed by atoms with van der Waals surface area (Å²) < 4.78 is 0. The van der Waals surface area contributed by atoms with Crippen LogP contribution >= 0.6 is 0 Å². The number of nitrogens with one attached hydrogen (secondary N) is 4. The fourth-order valence-electron chi connectivity index (χ4n) is 2.60. The summed E-state index contributed by atoms with van der Waals surface area (Å²) in [4.78, 5) is 47.0. The quantitative estimate of drug-likeness (QED) is 0.258. The molecule has 0 aromatic rings. The molecule has 6 N–H and O–H groups in total. The van der Waals surface area contributed by atoms with E-state index in [2.05, 4.69) is 21.3 Å². The van der Waals surface area contributed by atoms with E-state index in [0.717, 1.165) is 13.0 Å². The number of hydrogen-bond acceptors (Lipinski definition) is 6. The van der Waals surface area contributed by atoms with Crippen LogP contribution in [0.3, 0.4) is 0 Å². The second-order valence-electron chi connectivity index (χ2n) is 6.70. The molecule has 0 radical (unpaired) electrons. The third-order valence-electron chi connectivity index (χ3n) is 3.96. The molecule has 1 aliphatic heterocycles. The molecule has 1 aliphatic rings. The van der Waals surface area contributed by atoms with Crippen LogP contribution in [0.25, 0.3) is 0 Å². The summed E-state index contributed by atoms with van der Waals surface area (Å²) >= 11 is 0. The van der Waals surface area contributed by atoms with Crippen molar-refractivity contribution in [1.82, 2.24) is 21.3 Å². The average molecular weight is 372 g/mol. The lowest BCUT2D eigenvalue weighted by Crippen LogP contribution is -2.54. The third kappa shape index (κ3) is 7.36. The number of amides is 3. The van der Waals surface area contributed by atoms with Crippen LogP contribution in [0.2, 0.25) is 0 Å². The summed E-state index contributed by atoms with van der Waals surface area (Å²) in [6.45, 7) is 3.32.